The Hall–Kier alpha value is -0.240. The Morgan fingerprint density at radius 1 is 1.07 bits per heavy atom. The van der Waals surface area contributed by atoms with Crippen LogP contribution in [0.15, 0.2) is 0 Å². The summed E-state index contributed by atoms with van der Waals surface area (Å²) in [6, 6.07) is -0.636. The molecule has 0 aliphatic carbocycles. The quantitative estimate of drug-likeness (QED) is 0.388. The topological polar surface area (TPSA) is 90.2 Å². The monoisotopic (exact) mass is 222 g/mol. The summed E-state index contributed by atoms with van der Waals surface area (Å²) >= 11 is 0. The SMILES string of the molecule is C[N+](C)(C)[C@@H]1[C@@H](O)[C@H](O)[C@@H](CO)O[C@H]1O. The van der Waals surface area contributed by atoms with Gasteiger partial charge in [-0.2, -0.15) is 0 Å². The van der Waals surface area contributed by atoms with E-state index in [1.807, 2.05) is 0 Å². The van der Waals surface area contributed by atoms with E-state index in [2.05, 4.69) is 0 Å². The molecular formula is C9H20NO5+. The van der Waals surface area contributed by atoms with Gasteiger partial charge in [-0.25, -0.2) is 0 Å². The number of ether oxygens (including phenoxy) is 1. The van der Waals surface area contributed by atoms with Gasteiger partial charge in [-0.15, -0.1) is 0 Å². The van der Waals surface area contributed by atoms with Crippen LogP contribution in [0, 0.1) is 0 Å². The van der Waals surface area contributed by atoms with Crippen molar-refractivity contribution in [3.8, 4) is 0 Å². The Kier molecular flexibility index (Phi) is 3.70. The summed E-state index contributed by atoms with van der Waals surface area (Å²) in [5, 5.41) is 38.0. The first-order chi connectivity index (χ1) is 6.79. The molecule has 0 aromatic rings. The molecule has 1 fully saturated rings. The van der Waals surface area contributed by atoms with Gasteiger partial charge in [-0.3, -0.25) is 0 Å². The average molecular weight is 222 g/mol. The van der Waals surface area contributed by atoms with Crippen LogP contribution in [-0.4, -0.2) is 83.3 Å². The molecular weight excluding hydrogens is 202 g/mol. The number of nitrogens with zero attached hydrogens (tertiary/aromatic N) is 1. The van der Waals surface area contributed by atoms with Crippen LogP contribution >= 0.6 is 0 Å². The van der Waals surface area contributed by atoms with E-state index in [4.69, 9.17) is 9.84 Å². The van der Waals surface area contributed by atoms with E-state index in [-0.39, 0.29) is 4.48 Å². The molecule has 15 heavy (non-hydrogen) atoms. The molecule has 5 atom stereocenters. The van der Waals surface area contributed by atoms with Crippen molar-refractivity contribution >= 4 is 0 Å². The number of aliphatic hydroxyl groups excluding tert-OH is 4. The largest absolute Gasteiger partial charge is 0.394 e. The predicted octanol–water partition coefficient (Wildman–Crippen LogP) is -2.51. The van der Waals surface area contributed by atoms with Crippen molar-refractivity contribution in [2.45, 2.75) is 30.6 Å². The molecule has 6 nitrogen and oxygen atoms in total. The molecule has 1 rings (SSSR count). The normalized spacial score (nSPS) is 43.0. The van der Waals surface area contributed by atoms with E-state index in [9.17, 15) is 15.3 Å². The van der Waals surface area contributed by atoms with Crippen molar-refractivity contribution in [3.63, 3.8) is 0 Å². The lowest BCUT2D eigenvalue weighted by atomic mass is 9.95. The van der Waals surface area contributed by atoms with Gasteiger partial charge < -0.3 is 29.6 Å². The molecule has 0 amide bonds. The second-order valence-corrected chi connectivity index (χ2v) is 4.84. The van der Waals surface area contributed by atoms with E-state index < -0.39 is 37.3 Å². The molecule has 0 aromatic heterocycles. The minimum absolute atomic E-state index is 0.261. The van der Waals surface area contributed by atoms with Crippen molar-refractivity contribution in [2.24, 2.45) is 0 Å². The second-order valence-electron chi connectivity index (χ2n) is 4.84. The third-order valence-electron chi connectivity index (χ3n) is 2.76. The Labute approximate surface area is 88.9 Å². The number of hydrogen-bond acceptors (Lipinski definition) is 5. The van der Waals surface area contributed by atoms with Crippen LogP contribution in [0.25, 0.3) is 0 Å². The van der Waals surface area contributed by atoms with Crippen LogP contribution in [0.5, 0.6) is 0 Å². The maximum atomic E-state index is 9.83. The van der Waals surface area contributed by atoms with E-state index in [0.29, 0.717) is 0 Å². The number of likely N-dealkylation sites (N-methyl/N-ethyl adjacent to an activating group) is 1. The second kappa shape index (κ2) is 4.32. The molecule has 0 bridgehead atoms. The maximum absolute atomic E-state index is 9.83. The minimum atomic E-state index is -1.19. The smallest absolute Gasteiger partial charge is 0.211 e. The fraction of sp³-hybridized carbons (Fsp3) is 1.00. The summed E-state index contributed by atoms with van der Waals surface area (Å²) in [5.41, 5.74) is 0. The van der Waals surface area contributed by atoms with E-state index >= 15 is 0 Å². The lowest BCUT2D eigenvalue weighted by Crippen LogP contribution is -2.67. The van der Waals surface area contributed by atoms with Crippen LogP contribution in [0.3, 0.4) is 0 Å². The first kappa shape index (κ1) is 12.8. The van der Waals surface area contributed by atoms with Gasteiger partial charge in [0.15, 0.2) is 6.04 Å². The highest BCUT2D eigenvalue weighted by atomic mass is 16.6. The molecule has 0 saturated carbocycles. The van der Waals surface area contributed by atoms with Gasteiger partial charge in [0.2, 0.25) is 6.29 Å². The number of rotatable bonds is 2. The highest BCUT2D eigenvalue weighted by Gasteiger charge is 2.50. The van der Waals surface area contributed by atoms with Gasteiger partial charge in [-0.1, -0.05) is 0 Å². The number of aliphatic hydroxyl groups is 4. The van der Waals surface area contributed by atoms with Gasteiger partial charge in [0.25, 0.3) is 0 Å². The van der Waals surface area contributed by atoms with Crippen LogP contribution in [0.4, 0.5) is 0 Å². The average Bonchev–Trinajstić information content (AvgIpc) is 2.09. The molecule has 0 spiro atoms. The molecule has 90 valence electrons. The Morgan fingerprint density at radius 3 is 2.00 bits per heavy atom. The van der Waals surface area contributed by atoms with Gasteiger partial charge in [0.1, 0.15) is 18.3 Å². The molecule has 0 radical (unpaired) electrons. The van der Waals surface area contributed by atoms with Crippen molar-refractivity contribution in [2.75, 3.05) is 27.7 Å². The van der Waals surface area contributed by atoms with Crippen molar-refractivity contribution in [1.29, 1.82) is 0 Å². The zero-order valence-electron chi connectivity index (χ0n) is 9.24. The van der Waals surface area contributed by atoms with Gasteiger partial charge >= 0.3 is 0 Å². The van der Waals surface area contributed by atoms with Crippen LogP contribution in [-0.2, 0) is 4.74 Å². The summed E-state index contributed by atoms with van der Waals surface area (Å²) in [6.45, 7) is -0.431. The third kappa shape index (κ3) is 2.47. The Balaban J connectivity index is 2.84. The zero-order valence-corrected chi connectivity index (χ0v) is 9.24. The molecule has 4 N–H and O–H groups in total. The molecule has 1 aliphatic rings. The number of hydrogen-bond donors (Lipinski definition) is 4. The van der Waals surface area contributed by atoms with E-state index in [1.54, 1.807) is 21.1 Å². The summed E-state index contributed by atoms with van der Waals surface area (Å²) in [6.07, 6.45) is -4.43. The fourth-order valence-corrected chi connectivity index (χ4v) is 1.92. The summed E-state index contributed by atoms with van der Waals surface area (Å²) in [7, 11) is 5.35. The van der Waals surface area contributed by atoms with Gasteiger partial charge in [-0.05, 0) is 0 Å². The van der Waals surface area contributed by atoms with Crippen molar-refractivity contribution in [1.82, 2.24) is 0 Å². The summed E-state index contributed by atoms with van der Waals surface area (Å²) in [5.74, 6) is 0. The lowest BCUT2D eigenvalue weighted by Gasteiger charge is -2.46. The van der Waals surface area contributed by atoms with Crippen molar-refractivity contribution in [3.05, 3.63) is 0 Å². The first-order valence-electron chi connectivity index (χ1n) is 4.90. The molecule has 6 heteroatoms. The van der Waals surface area contributed by atoms with E-state index in [0.717, 1.165) is 0 Å². The van der Waals surface area contributed by atoms with Crippen molar-refractivity contribution < 1.29 is 29.6 Å². The third-order valence-corrected chi connectivity index (χ3v) is 2.76. The Morgan fingerprint density at radius 2 is 1.60 bits per heavy atom. The highest BCUT2D eigenvalue weighted by Crippen LogP contribution is 2.25. The zero-order chi connectivity index (χ0) is 11.8. The molecule has 1 heterocycles. The fourth-order valence-electron chi connectivity index (χ4n) is 1.92. The van der Waals surface area contributed by atoms with Gasteiger partial charge in [0.05, 0.1) is 27.7 Å². The Bertz CT molecular complexity index is 217. The maximum Gasteiger partial charge on any atom is 0.211 e. The van der Waals surface area contributed by atoms with Crippen LogP contribution in [0.2, 0.25) is 0 Å². The first-order valence-corrected chi connectivity index (χ1v) is 4.90. The molecule has 1 saturated heterocycles. The molecule has 0 unspecified atom stereocenters. The van der Waals surface area contributed by atoms with Crippen LogP contribution in [0.1, 0.15) is 0 Å². The lowest BCUT2D eigenvalue weighted by molar-refractivity contribution is -0.909. The molecule has 0 aromatic carbocycles. The summed E-state index contributed by atoms with van der Waals surface area (Å²) < 4.78 is 5.30. The predicted molar refractivity (Wildman–Crippen MR) is 51.8 cm³/mol. The standard InChI is InChI=1S/C9H20NO5/c1-10(2,3)6-8(13)7(12)5(4-11)15-9(6)14/h5-9,11-14H,4H2,1-3H3/q+1/t5-,6-,7-,8-,9-/m1/s1. The van der Waals surface area contributed by atoms with Gasteiger partial charge in [0, 0.05) is 0 Å². The van der Waals surface area contributed by atoms with Crippen LogP contribution < -0.4 is 0 Å². The minimum Gasteiger partial charge on any atom is -0.394 e. The van der Waals surface area contributed by atoms with E-state index in [1.165, 1.54) is 0 Å². The molecule has 1 aliphatic heterocycles. The summed E-state index contributed by atoms with van der Waals surface area (Å²) in [4.78, 5) is 0. The number of quaternary nitrogens is 1. The highest BCUT2D eigenvalue weighted by molar-refractivity contribution is 4.89.